The van der Waals surface area contributed by atoms with Gasteiger partial charge in [-0.1, -0.05) is 15.9 Å². The SMILES string of the molecule is CCOC(=O)c1c2c(n(C)c1CN1CCN(C)CC1)C(=O)C(=O)c1ccc(Br)cc1-2. The number of nitrogens with zero attached hydrogens (tertiary/aromatic N) is 3. The number of hydrogen-bond acceptors (Lipinski definition) is 6. The topological polar surface area (TPSA) is 71.8 Å². The molecule has 1 aromatic carbocycles. The van der Waals surface area contributed by atoms with Crippen LogP contribution in [0.2, 0.25) is 0 Å². The summed E-state index contributed by atoms with van der Waals surface area (Å²) in [5.74, 6) is -1.60. The minimum atomic E-state index is -0.586. The molecule has 0 atom stereocenters. The molecule has 1 saturated heterocycles. The Kier molecular flexibility index (Phi) is 5.65. The Morgan fingerprint density at radius 3 is 2.43 bits per heavy atom. The van der Waals surface area contributed by atoms with Crippen LogP contribution in [0.5, 0.6) is 0 Å². The molecule has 0 spiro atoms. The highest BCUT2D eigenvalue weighted by molar-refractivity contribution is 9.10. The van der Waals surface area contributed by atoms with Gasteiger partial charge >= 0.3 is 5.97 Å². The van der Waals surface area contributed by atoms with Gasteiger partial charge in [-0.15, -0.1) is 0 Å². The first-order valence-corrected chi connectivity index (χ1v) is 10.8. The lowest BCUT2D eigenvalue weighted by atomic mass is 9.85. The largest absolute Gasteiger partial charge is 0.462 e. The molecule has 0 radical (unpaired) electrons. The molecule has 7 nitrogen and oxygen atoms in total. The Balaban J connectivity index is 1.91. The van der Waals surface area contributed by atoms with E-state index in [0.717, 1.165) is 30.7 Å². The molecule has 0 saturated carbocycles. The smallest absolute Gasteiger partial charge is 0.340 e. The number of carbonyl (C=O) groups excluding carboxylic acids is 3. The maximum atomic E-state index is 13.1. The summed E-state index contributed by atoms with van der Waals surface area (Å²) in [5.41, 5.74) is 2.76. The highest BCUT2D eigenvalue weighted by atomic mass is 79.9. The zero-order valence-corrected chi connectivity index (χ0v) is 18.9. The average molecular weight is 474 g/mol. The van der Waals surface area contributed by atoms with E-state index in [1.165, 1.54) is 0 Å². The van der Waals surface area contributed by atoms with Crippen LogP contribution in [0.25, 0.3) is 11.1 Å². The molecule has 0 amide bonds. The number of likely N-dealkylation sites (N-methyl/N-ethyl adjacent to an activating group) is 1. The molecule has 1 fully saturated rings. The van der Waals surface area contributed by atoms with Crippen LogP contribution >= 0.6 is 15.9 Å². The summed E-state index contributed by atoms with van der Waals surface area (Å²) in [5, 5.41) is 0. The van der Waals surface area contributed by atoms with Gasteiger partial charge in [0.1, 0.15) is 5.69 Å². The number of rotatable bonds is 4. The van der Waals surface area contributed by atoms with Crippen LogP contribution in [0.4, 0.5) is 0 Å². The van der Waals surface area contributed by atoms with Crippen LogP contribution in [0.3, 0.4) is 0 Å². The van der Waals surface area contributed by atoms with Crippen LogP contribution in [0.15, 0.2) is 22.7 Å². The first-order chi connectivity index (χ1) is 14.3. The van der Waals surface area contributed by atoms with Crippen molar-refractivity contribution in [2.75, 3.05) is 39.8 Å². The van der Waals surface area contributed by atoms with Crippen molar-refractivity contribution in [1.82, 2.24) is 14.4 Å². The first kappa shape index (κ1) is 21.0. The van der Waals surface area contributed by atoms with Crippen LogP contribution in [0.1, 0.15) is 43.8 Å². The summed E-state index contributed by atoms with van der Waals surface area (Å²) in [7, 11) is 3.84. The van der Waals surface area contributed by atoms with E-state index in [0.29, 0.717) is 34.5 Å². The molecule has 1 aliphatic heterocycles. The van der Waals surface area contributed by atoms with Gasteiger partial charge in [-0.3, -0.25) is 14.5 Å². The zero-order valence-electron chi connectivity index (χ0n) is 17.3. The summed E-state index contributed by atoms with van der Waals surface area (Å²) < 4.78 is 7.86. The number of hydrogen-bond donors (Lipinski definition) is 0. The molecule has 8 heteroatoms. The summed E-state index contributed by atoms with van der Waals surface area (Å²) in [6, 6.07) is 5.15. The summed E-state index contributed by atoms with van der Waals surface area (Å²) in [4.78, 5) is 43.4. The lowest BCUT2D eigenvalue weighted by Crippen LogP contribution is -2.44. The van der Waals surface area contributed by atoms with Gasteiger partial charge in [0.25, 0.3) is 5.78 Å². The molecule has 0 unspecified atom stereocenters. The summed E-state index contributed by atoms with van der Waals surface area (Å²) >= 11 is 3.45. The van der Waals surface area contributed by atoms with Crippen molar-refractivity contribution in [2.45, 2.75) is 13.5 Å². The molecule has 4 rings (SSSR count). The maximum absolute atomic E-state index is 13.1. The number of esters is 1. The fraction of sp³-hybridized carbons (Fsp3) is 0.409. The van der Waals surface area contributed by atoms with Crippen molar-refractivity contribution in [3.63, 3.8) is 0 Å². The fourth-order valence-electron chi connectivity index (χ4n) is 4.24. The summed E-state index contributed by atoms with van der Waals surface area (Å²) in [6.45, 7) is 6.10. The minimum absolute atomic E-state index is 0.231. The third-order valence-corrected chi connectivity index (χ3v) is 6.37. The molecule has 2 aromatic rings. The Morgan fingerprint density at radius 2 is 1.77 bits per heavy atom. The normalized spacial score (nSPS) is 17.1. The molecule has 158 valence electrons. The molecular formula is C22H24BrN3O4. The first-order valence-electron chi connectivity index (χ1n) is 10.0. The Hall–Kier alpha value is -2.29. The van der Waals surface area contributed by atoms with Gasteiger partial charge in [-0.25, -0.2) is 4.79 Å². The number of fused-ring (bicyclic) bond motifs is 3. The third kappa shape index (κ3) is 3.42. The van der Waals surface area contributed by atoms with E-state index in [1.54, 1.807) is 36.7 Å². The van der Waals surface area contributed by atoms with E-state index in [2.05, 4.69) is 32.8 Å². The molecular weight excluding hydrogens is 450 g/mol. The van der Waals surface area contributed by atoms with E-state index in [1.807, 2.05) is 0 Å². The van der Waals surface area contributed by atoms with E-state index in [4.69, 9.17) is 4.74 Å². The quantitative estimate of drug-likeness (QED) is 0.502. The van der Waals surface area contributed by atoms with Crippen LogP contribution in [-0.2, 0) is 18.3 Å². The van der Waals surface area contributed by atoms with Crippen LogP contribution in [0, 0.1) is 0 Å². The highest BCUT2D eigenvalue weighted by Crippen LogP contribution is 2.41. The number of halogens is 1. The third-order valence-electron chi connectivity index (χ3n) is 5.88. The van der Waals surface area contributed by atoms with Gasteiger partial charge < -0.3 is 14.2 Å². The monoisotopic (exact) mass is 473 g/mol. The van der Waals surface area contributed by atoms with Crippen molar-refractivity contribution < 1.29 is 19.1 Å². The number of piperazine rings is 1. The molecule has 1 aliphatic carbocycles. The number of Topliss-reactive ketones (excluding diaryl/α,β-unsaturated/α-hetero) is 2. The van der Waals surface area contributed by atoms with Gasteiger partial charge in [-0.2, -0.15) is 0 Å². The van der Waals surface area contributed by atoms with Crippen molar-refractivity contribution in [3.8, 4) is 11.1 Å². The lowest BCUT2D eigenvalue weighted by molar-refractivity contribution is 0.0523. The lowest BCUT2D eigenvalue weighted by Gasteiger charge is -2.32. The average Bonchev–Trinajstić information content (AvgIpc) is 3.00. The highest BCUT2D eigenvalue weighted by Gasteiger charge is 2.39. The Labute approximate surface area is 183 Å². The second-order valence-corrected chi connectivity index (χ2v) is 8.67. The molecule has 1 aromatic heterocycles. The number of benzene rings is 1. The van der Waals surface area contributed by atoms with Gasteiger partial charge in [0.2, 0.25) is 5.78 Å². The van der Waals surface area contributed by atoms with E-state index in [9.17, 15) is 14.4 Å². The van der Waals surface area contributed by atoms with Crippen LogP contribution < -0.4 is 0 Å². The predicted octanol–water partition coefficient (Wildman–Crippen LogP) is 2.76. The van der Waals surface area contributed by atoms with Gasteiger partial charge in [0.15, 0.2) is 0 Å². The molecule has 0 bridgehead atoms. The fourth-order valence-corrected chi connectivity index (χ4v) is 4.60. The number of aromatic nitrogens is 1. The standard InChI is InChI=1S/C22H24BrN3O4/c1-4-30-22(29)18-16(12-26-9-7-24(2)8-10-26)25(3)19-17(18)15-11-13(23)5-6-14(15)20(27)21(19)28/h5-6,11H,4,7-10,12H2,1-3H3. The van der Waals surface area contributed by atoms with Gasteiger partial charge in [0, 0.05) is 61.1 Å². The van der Waals surface area contributed by atoms with Crippen molar-refractivity contribution in [1.29, 1.82) is 0 Å². The van der Waals surface area contributed by atoms with E-state index >= 15 is 0 Å². The second kappa shape index (κ2) is 8.09. The second-order valence-electron chi connectivity index (χ2n) is 7.75. The Morgan fingerprint density at radius 1 is 1.07 bits per heavy atom. The number of ether oxygens (including phenoxy) is 1. The zero-order chi connectivity index (χ0) is 21.6. The number of carbonyl (C=O) groups is 3. The summed E-state index contributed by atoms with van der Waals surface area (Å²) in [6.07, 6.45) is 0. The van der Waals surface area contributed by atoms with Crippen molar-refractivity contribution >= 4 is 33.5 Å². The predicted molar refractivity (Wildman–Crippen MR) is 116 cm³/mol. The minimum Gasteiger partial charge on any atom is -0.462 e. The van der Waals surface area contributed by atoms with Crippen molar-refractivity contribution in [3.05, 3.63) is 45.2 Å². The molecule has 2 heterocycles. The number of ketones is 2. The van der Waals surface area contributed by atoms with Crippen LogP contribution in [-0.4, -0.2) is 71.7 Å². The molecule has 30 heavy (non-hydrogen) atoms. The van der Waals surface area contributed by atoms with E-state index < -0.39 is 17.5 Å². The maximum Gasteiger partial charge on any atom is 0.340 e. The molecule has 0 N–H and O–H groups in total. The van der Waals surface area contributed by atoms with Gasteiger partial charge in [0.05, 0.1) is 12.2 Å². The van der Waals surface area contributed by atoms with Gasteiger partial charge in [-0.05, 0) is 37.7 Å². The molecule has 2 aliphatic rings. The Bertz CT molecular complexity index is 1050. The van der Waals surface area contributed by atoms with E-state index in [-0.39, 0.29) is 12.3 Å². The van der Waals surface area contributed by atoms with Crippen molar-refractivity contribution in [2.24, 2.45) is 7.05 Å².